The molecule has 0 aliphatic rings. The molecule has 1 aromatic heterocycles. The van der Waals surface area contributed by atoms with Gasteiger partial charge in [-0.15, -0.1) is 0 Å². The van der Waals surface area contributed by atoms with Crippen LogP contribution in [0.5, 0.6) is 0 Å². The molecule has 4 heteroatoms. The van der Waals surface area contributed by atoms with Crippen molar-refractivity contribution in [1.82, 2.24) is 10.3 Å². The van der Waals surface area contributed by atoms with Gasteiger partial charge in [-0.25, -0.2) is 0 Å². The quantitative estimate of drug-likeness (QED) is 0.733. The van der Waals surface area contributed by atoms with E-state index in [9.17, 15) is 4.21 Å². The molecule has 0 aliphatic carbocycles. The fourth-order valence-corrected chi connectivity index (χ4v) is 3.51. The van der Waals surface area contributed by atoms with Crippen molar-refractivity contribution in [2.24, 2.45) is 0 Å². The van der Waals surface area contributed by atoms with Gasteiger partial charge < -0.3 is 10.3 Å². The van der Waals surface area contributed by atoms with Crippen molar-refractivity contribution in [3.05, 3.63) is 71.9 Å². The van der Waals surface area contributed by atoms with Gasteiger partial charge in [0.15, 0.2) is 0 Å². The van der Waals surface area contributed by atoms with E-state index >= 15 is 0 Å². The number of aromatic amines is 1. The highest BCUT2D eigenvalue weighted by molar-refractivity contribution is 7.84. The molecular weight excluding hydrogens is 292 g/mol. The van der Waals surface area contributed by atoms with E-state index in [1.165, 1.54) is 16.5 Å². The van der Waals surface area contributed by atoms with Crippen LogP contribution >= 0.6 is 0 Å². The van der Waals surface area contributed by atoms with E-state index in [1.807, 2.05) is 24.4 Å². The average molecular weight is 312 g/mol. The molecule has 3 nitrogen and oxygen atoms in total. The third kappa shape index (κ3) is 3.46. The zero-order chi connectivity index (χ0) is 15.4. The molecule has 0 unspecified atom stereocenters. The summed E-state index contributed by atoms with van der Waals surface area (Å²) in [6.07, 6.45) is 3.72. The van der Waals surface area contributed by atoms with Crippen LogP contribution in [0.2, 0.25) is 0 Å². The molecule has 0 spiro atoms. The molecule has 2 N–H and O–H groups in total. The molecule has 2 atom stereocenters. The predicted octanol–water partition coefficient (Wildman–Crippen LogP) is 3.38. The second-order valence-electron chi connectivity index (χ2n) is 5.44. The molecule has 2 aromatic carbocycles. The minimum Gasteiger partial charge on any atom is -0.361 e. The first-order chi connectivity index (χ1) is 10.7. The standard InChI is InChI=1S/C18H20N2OS/c1-22(21)13-18(14-6-3-2-4-7-14)20-12-15-8-5-9-17-16(15)10-11-19-17/h2-11,18-20H,12-13H2,1H3/t18-,22+/m1/s1. The van der Waals surface area contributed by atoms with Gasteiger partial charge in [0.2, 0.25) is 0 Å². The van der Waals surface area contributed by atoms with Crippen LogP contribution in [-0.2, 0) is 17.3 Å². The Bertz CT molecular complexity index is 767. The molecule has 0 saturated carbocycles. The minimum absolute atomic E-state index is 0.0984. The smallest absolute Gasteiger partial charge is 0.0457 e. The SMILES string of the molecule is C[S@](=O)C[C@@H](NCc1cccc2[nH]ccc12)c1ccccc1. The molecule has 3 rings (SSSR count). The molecule has 0 saturated heterocycles. The van der Waals surface area contributed by atoms with E-state index in [1.54, 1.807) is 6.26 Å². The second kappa shape index (κ2) is 6.90. The Balaban J connectivity index is 1.79. The van der Waals surface area contributed by atoms with Crippen molar-refractivity contribution in [2.75, 3.05) is 12.0 Å². The van der Waals surface area contributed by atoms with Gasteiger partial charge in [-0.3, -0.25) is 4.21 Å². The first-order valence-electron chi connectivity index (χ1n) is 7.37. The van der Waals surface area contributed by atoms with Crippen molar-refractivity contribution < 1.29 is 4.21 Å². The molecule has 114 valence electrons. The largest absolute Gasteiger partial charge is 0.361 e. The molecule has 0 bridgehead atoms. The van der Waals surface area contributed by atoms with Gasteiger partial charge in [0.1, 0.15) is 0 Å². The van der Waals surface area contributed by atoms with Crippen LogP contribution in [0, 0.1) is 0 Å². The Kier molecular flexibility index (Phi) is 4.71. The van der Waals surface area contributed by atoms with E-state index < -0.39 is 10.8 Å². The summed E-state index contributed by atoms with van der Waals surface area (Å²) < 4.78 is 11.7. The fraction of sp³-hybridized carbons (Fsp3) is 0.222. The van der Waals surface area contributed by atoms with Crippen molar-refractivity contribution >= 4 is 21.7 Å². The van der Waals surface area contributed by atoms with Gasteiger partial charge in [-0.05, 0) is 23.3 Å². The Hall–Kier alpha value is -1.91. The maximum Gasteiger partial charge on any atom is 0.0457 e. The van der Waals surface area contributed by atoms with Crippen molar-refractivity contribution in [3.63, 3.8) is 0 Å². The summed E-state index contributed by atoms with van der Waals surface area (Å²) in [5.74, 6) is 0.618. The lowest BCUT2D eigenvalue weighted by Gasteiger charge is -2.18. The van der Waals surface area contributed by atoms with E-state index in [2.05, 4.69) is 46.7 Å². The lowest BCUT2D eigenvalue weighted by Crippen LogP contribution is -2.25. The first-order valence-corrected chi connectivity index (χ1v) is 9.10. The van der Waals surface area contributed by atoms with E-state index in [4.69, 9.17) is 0 Å². The Morgan fingerprint density at radius 2 is 1.91 bits per heavy atom. The minimum atomic E-state index is -0.842. The predicted molar refractivity (Wildman–Crippen MR) is 93.3 cm³/mol. The van der Waals surface area contributed by atoms with Gasteiger partial charge in [0.05, 0.1) is 0 Å². The van der Waals surface area contributed by atoms with E-state index in [0.717, 1.165) is 12.1 Å². The molecule has 0 fully saturated rings. The first kappa shape index (κ1) is 15.0. The molecule has 3 aromatic rings. The van der Waals surface area contributed by atoms with Gasteiger partial charge in [-0.1, -0.05) is 42.5 Å². The summed E-state index contributed by atoms with van der Waals surface area (Å²) in [7, 11) is -0.842. The number of aromatic nitrogens is 1. The average Bonchev–Trinajstić information content (AvgIpc) is 3.01. The lowest BCUT2D eigenvalue weighted by molar-refractivity contribution is 0.576. The van der Waals surface area contributed by atoms with Crippen molar-refractivity contribution in [1.29, 1.82) is 0 Å². The van der Waals surface area contributed by atoms with E-state index in [-0.39, 0.29) is 6.04 Å². The number of H-pyrrole nitrogens is 1. The molecule has 0 amide bonds. The third-order valence-corrected chi connectivity index (χ3v) is 4.63. The number of nitrogens with one attached hydrogen (secondary N) is 2. The number of hydrogen-bond donors (Lipinski definition) is 2. The maximum absolute atomic E-state index is 11.7. The summed E-state index contributed by atoms with van der Waals surface area (Å²) in [6.45, 7) is 0.756. The normalized spacial score (nSPS) is 14.0. The molecular formula is C18H20N2OS. The van der Waals surface area contributed by atoms with Crippen LogP contribution < -0.4 is 5.32 Å². The monoisotopic (exact) mass is 312 g/mol. The summed E-state index contributed by atoms with van der Waals surface area (Å²) in [5, 5.41) is 4.79. The highest BCUT2D eigenvalue weighted by Crippen LogP contribution is 2.19. The molecule has 1 heterocycles. The number of hydrogen-bond acceptors (Lipinski definition) is 2. The summed E-state index contributed by atoms with van der Waals surface area (Å²) in [6, 6.07) is 18.7. The second-order valence-corrected chi connectivity index (χ2v) is 6.92. The lowest BCUT2D eigenvalue weighted by atomic mass is 10.1. The van der Waals surface area contributed by atoms with Crippen LogP contribution in [0.1, 0.15) is 17.2 Å². The highest BCUT2D eigenvalue weighted by Gasteiger charge is 2.13. The fourth-order valence-electron chi connectivity index (χ4n) is 2.73. The zero-order valence-corrected chi connectivity index (χ0v) is 13.4. The zero-order valence-electron chi connectivity index (χ0n) is 12.6. The number of rotatable bonds is 6. The summed E-state index contributed by atoms with van der Waals surface area (Å²) in [4.78, 5) is 3.24. The Morgan fingerprint density at radius 1 is 1.09 bits per heavy atom. The van der Waals surface area contributed by atoms with Gasteiger partial charge in [0, 0.05) is 52.5 Å². The Morgan fingerprint density at radius 3 is 2.68 bits per heavy atom. The van der Waals surface area contributed by atoms with Crippen LogP contribution in [-0.4, -0.2) is 21.2 Å². The molecule has 0 radical (unpaired) electrons. The van der Waals surface area contributed by atoms with Gasteiger partial charge in [-0.2, -0.15) is 0 Å². The van der Waals surface area contributed by atoms with Crippen LogP contribution in [0.3, 0.4) is 0 Å². The molecule has 22 heavy (non-hydrogen) atoms. The van der Waals surface area contributed by atoms with Crippen molar-refractivity contribution in [2.45, 2.75) is 12.6 Å². The number of benzene rings is 2. The highest BCUT2D eigenvalue weighted by atomic mass is 32.2. The van der Waals surface area contributed by atoms with Crippen LogP contribution in [0.4, 0.5) is 0 Å². The number of fused-ring (bicyclic) bond motifs is 1. The van der Waals surface area contributed by atoms with Crippen LogP contribution in [0.15, 0.2) is 60.8 Å². The topological polar surface area (TPSA) is 44.9 Å². The molecule has 0 aliphatic heterocycles. The van der Waals surface area contributed by atoms with Gasteiger partial charge in [0.25, 0.3) is 0 Å². The third-order valence-electron chi connectivity index (χ3n) is 3.83. The summed E-state index contributed by atoms with van der Waals surface area (Å²) >= 11 is 0. The van der Waals surface area contributed by atoms with Crippen molar-refractivity contribution in [3.8, 4) is 0 Å². The van der Waals surface area contributed by atoms with Crippen LogP contribution in [0.25, 0.3) is 10.9 Å². The van der Waals surface area contributed by atoms with Gasteiger partial charge >= 0.3 is 0 Å². The maximum atomic E-state index is 11.7. The Labute approximate surface area is 133 Å². The summed E-state index contributed by atoms with van der Waals surface area (Å²) in [5.41, 5.74) is 3.58. The van der Waals surface area contributed by atoms with E-state index in [0.29, 0.717) is 5.75 Å².